The van der Waals surface area contributed by atoms with Crippen molar-refractivity contribution in [1.29, 1.82) is 0 Å². The predicted molar refractivity (Wildman–Crippen MR) is 54.4 cm³/mol. The Bertz CT molecular complexity index is 198. The summed E-state index contributed by atoms with van der Waals surface area (Å²) >= 11 is 0. The monoisotopic (exact) mass is 183 g/mol. The molecule has 1 N–H and O–H groups in total. The van der Waals surface area contributed by atoms with Crippen LogP contribution in [0.25, 0.3) is 0 Å². The van der Waals surface area contributed by atoms with E-state index in [9.17, 15) is 4.79 Å². The third-order valence-electron chi connectivity index (χ3n) is 3.52. The van der Waals surface area contributed by atoms with Crippen LogP contribution in [0.15, 0.2) is 0 Å². The van der Waals surface area contributed by atoms with Crippen LogP contribution in [0.4, 0.5) is 0 Å². The second-order valence-electron chi connectivity index (χ2n) is 5.06. The van der Waals surface area contributed by atoms with Gasteiger partial charge >= 0.3 is 0 Å². The van der Waals surface area contributed by atoms with Crippen LogP contribution < -0.4 is 5.32 Å². The Morgan fingerprint density at radius 2 is 2.08 bits per heavy atom. The molecule has 0 bridgehead atoms. The van der Waals surface area contributed by atoms with Gasteiger partial charge in [-0.1, -0.05) is 20.8 Å². The summed E-state index contributed by atoms with van der Waals surface area (Å²) in [5, 5.41) is 3.01. The van der Waals surface area contributed by atoms with E-state index in [2.05, 4.69) is 26.1 Å². The number of carbonyl (C=O) groups is 1. The summed E-state index contributed by atoms with van der Waals surface area (Å²) in [6.07, 6.45) is 3.49. The normalized spacial score (nSPS) is 32.6. The molecule has 0 aromatic carbocycles. The molecule has 1 saturated carbocycles. The number of nitrogens with one attached hydrogen (secondary N) is 1. The lowest BCUT2D eigenvalue weighted by Gasteiger charge is -2.40. The van der Waals surface area contributed by atoms with Crippen molar-refractivity contribution < 1.29 is 4.79 Å². The minimum Gasteiger partial charge on any atom is -0.354 e. The highest BCUT2D eigenvalue weighted by Gasteiger charge is 2.33. The third-order valence-corrected chi connectivity index (χ3v) is 3.52. The van der Waals surface area contributed by atoms with Gasteiger partial charge in [0.1, 0.15) is 0 Å². The zero-order valence-electron chi connectivity index (χ0n) is 9.18. The molecule has 1 fully saturated rings. The lowest BCUT2D eigenvalue weighted by atomic mass is 9.68. The molecule has 1 aliphatic rings. The van der Waals surface area contributed by atoms with E-state index in [1.165, 1.54) is 6.42 Å². The molecule has 0 aliphatic heterocycles. The van der Waals surface area contributed by atoms with Gasteiger partial charge < -0.3 is 5.32 Å². The summed E-state index contributed by atoms with van der Waals surface area (Å²) in [5.74, 6) is 0.815. The number of rotatable bonds is 1. The van der Waals surface area contributed by atoms with Gasteiger partial charge in [0.2, 0.25) is 5.91 Å². The summed E-state index contributed by atoms with van der Waals surface area (Å²) in [5.41, 5.74) is 0.453. The fourth-order valence-corrected chi connectivity index (χ4v) is 2.07. The number of amides is 1. The Morgan fingerprint density at radius 3 is 2.54 bits per heavy atom. The summed E-state index contributed by atoms with van der Waals surface area (Å²) in [6.45, 7) is 8.53. The first kappa shape index (κ1) is 10.6. The molecule has 13 heavy (non-hydrogen) atoms. The van der Waals surface area contributed by atoms with Gasteiger partial charge in [-0.15, -0.1) is 0 Å². The summed E-state index contributed by atoms with van der Waals surface area (Å²) < 4.78 is 0. The van der Waals surface area contributed by atoms with E-state index >= 15 is 0 Å². The lowest BCUT2D eigenvalue weighted by Crippen LogP contribution is -2.41. The fraction of sp³-hybridized carbons (Fsp3) is 0.909. The molecule has 0 spiro atoms. The molecule has 0 aromatic rings. The van der Waals surface area contributed by atoms with Crippen LogP contribution in [0.5, 0.6) is 0 Å². The first-order valence-electron chi connectivity index (χ1n) is 5.19. The second kappa shape index (κ2) is 3.69. The van der Waals surface area contributed by atoms with E-state index in [-0.39, 0.29) is 5.91 Å². The Morgan fingerprint density at radius 1 is 1.46 bits per heavy atom. The summed E-state index contributed by atoms with van der Waals surface area (Å²) in [7, 11) is 0. The van der Waals surface area contributed by atoms with Crippen molar-refractivity contribution in [1.82, 2.24) is 5.32 Å². The smallest absolute Gasteiger partial charge is 0.217 e. The van der Waals surface area contributed by atoms with E-state index in [4.69, 9.17) is 0 Å². The number of carbonyl (C=O) groups excluding carboxylic acids is 1. The minimum atomic E-state index is 0.108. The molecule has 1 unspecified atom stereocenters. The zero-order chi connectivity index (χ0) is 10.1. The van der Waals surface area contributed by atoms with E-state index in [1.807, 2.05) is 0 Å². The molecule has 2 atom stereocenters. The van der Waals surface area contributed by atoms with Crippen LogP contribution in [0.2, 0.25) is 0 Å². The molecule has 1 rings (SSSR count). The lowest BCUT2D eigenvalue weighted by molar-refractivity contribution is -0.120. The first-order valence-corrected chi connectivity index (χ1v) is 5.19. The van der Waals surface area contributed by atoms with Crippen molar-refractivity contribution in [3.8, 4) is 0 Å². The van der Waals surface area contributed by atoms with E-state index < -0.39 is 0 Å². The highest BCUT2D eigenvalue weighted by molar-refractivity contribution is 5.73. The van der Waals surface area contributed by atoms with Crippen LogP contribution in [0, 0.1) is 11.3 Å². The maximum absolute atomic E-state index is 10.9. The van der Waals surface area contributed by atoms with Gasteiger partial charge in [0, 0.05) is 13.0 Å². The van der Waals surface area contributed by atoms with Crippen LogP contribution in [-0.4, -0.2) is 11.9 Å². The van der Waals surface area contributed by atoms with Gasteiger partial charge in [-0.05, 0) is 30.6 Å². The van der Waals surface area contributed by atoms with E-state index in [1.54, 1.807) is 6.92 Å². The molecule has 2 heteroatoms. The van der Waals surface area contributed by atoms with Gasteiger partial charge in [-0.3, -0.25) is 4.79 Å². The SMILES string of the molecule is CC(=O)N[C@H]1CCC(C)(C)C(C)C1. The maximum atomic E-state index is 10.9. The molecule has 1 aliphatic carbocycles. The highest BCUT2D eigenvalue weighted by atomic mass is 16.1. The highest BCUT2D eigenvalue weighted by Crippen LogP contribution is 2.40. The van der Waals surface area contributed by atoms with Crippen molar-refractivity contribution in [3.05, 3.63) is 0 Å². The van der Waals surface area contributed by atoms with Crippen molar-refractivity contribution >= 4 is 5.91 Å². The van der Waals surface area contributed by atoms with Gasteiger partial charge in [0.05, 0.1) is 0 Å². The quantitative estimate of drug-likeness (QED) is 0.664. The average Bonchev–Trinajstić information content (AvgIpc) is 1.97. The van der Waals surface area contributed by atoms with E-state index in [0.717, 1.165) is 12.8 Å². The largest absolute Gasteiger partial charge is 0.354 e. The van der Waals surface area contributed by atoms with Crippen molar-refractivity contribution in [3.63, 3.8) is 0 Å². The summed E-state index contributed by atoms with van der Waals surface area (Å²) in [4.78, 5) is 10.9. The molecular formula is C11H21NO. The van der Waals surface area contributed by atoms with Gasteiger partial charge in [0.15, 0.2) is 0 Å². The Kier molecular flexibility index (Phi) is 2.99. The number of hydrogen-bond donors (Lipinski definition) is 1. The Hall–Kier alpha value is -0.530. The number of hydrogen-bond acceptors (Lipinski definition) is 1. The topological polar surface area (TPSA) is 29.1 Å². The van der Waals surface area contributed by atoms with Crippen LogP contribution in [-0.2, 0) is 4.79 Å². The average molecular weight is 183 g/mol. The Labute approximate surface area is 81.1 Å². The van der Waals surface area contributed by atoms with Crippen LogP contribution in [0.3, 0.4) is 0 Å². The zero-order valence-corrected chi connectivity index (χ0v) is 9.18. The van der Waals surface area contributed by atoms with Gasteiger partial charge in [-0.25, -0.2) is 0 Å². The second-order valence-corrected chi connectivity index (χ2v) is 5.06. The molecular weight excluding hydrogens is 162 g/mol. The van der Waals surface area contributed by atoms with Crippen molar-refractivity contribution in [2.24, 2.45) is 11.3 Å². The maximum Gasteiger partial charge on any atom is 0.217 e. The standard InChI is InChI=1S/C11H21NO/c1-8-7-10(12-9(2)13)5-6-11(8,3)4/h8,10H,5-7H2,1-4H3,(H,12,13)/t8?,10-/m0/s1. The molecule has 0 aromatic heterocycles. The molecule has 0 heterocycles. The molecule has 0 radical (unpaired) electrons. The summed E-state index contributed by atoms with van der Waals surface area (Å²) in [6, 6.07) is 0.417. The predicted octanol–water partition coefficient (Wildman–Crippen LogP) is 2.34. The van der Waals surface area contributed by atoms with Gasteiger partial charge in [0.25, 0.3) is 0 Å². The van der Waals surface area contributed by atoms with E-state index in [0.29, 0.717) is 17.4 Å². The van der Waals surface area contributed by atoms with Crippen molar-refractivity contribution in [2.45, 2.75) is 53.0 Å². The fourth-order valence-electron chi connectivity index (χ4n) is 2.07. The minimum absolute atomic E-state index is 0.108. The third kappa shape index (κ3) is 2.71. The molecule has 1 amide bonds. The van der Waals surface area contributed by atoms with Gasteiger partial charge in [-0.2, -0.15) is 0 Å². The molecule has 0 saturated heterocycles. The molecule has 76 valence electrons. The first-order chi connectivity index (χ1) is 5.92. The van der Waals surface area contributed by atoms with Crippen molar-refractivity contribution in [2.75, 3.05) is 0 Å². The Balaban J connectivity index is 2.46. The van der Waals surface area contributed by atoms with Crippen LogP contribution in [0.1, 0.15) is 47.0 Å². The molecule has 2 nitrogen and oxygen atoms in total. The van der Waals surface area contributed by atoms with Crippen LogP contribution >= 0.6 is 0 Å².